The molecule has 0 spiro atoms. The van der Waals surface area contributed by atoms with E-state index in [0.717, 1.165) is 53.3 Å². The Balaban J connectivity index is 1.61. The lowest BCUT2D eigenvalue weighted by atomic mass is 9.60. The zero-order valence-electron chi connectivity index (χ0n) is 14.6. The monoisotopic (exact) mass is 300 g/mol. The van der Waals surface area contributed by atoms with Crippen LogP contribution in [0.15, 0.2) is 12.2 Å². The zero-order valence-corrected chi connectivity index (χ0v) is 14.6. The van der Waals surface area contributed by atoms with Gasteiger partial charge in [0.2, 0.25) is 0 Å². The summed E-state index contributed by atoms with van der Waals surface area (Å²) in [6.45, 7) is 9.71. The first-order chi connectivity index (χ1) is 10.5. The van der Waals surface area contributed by atoms with Crippen LogP contribution in [0.2, 0.25) is 0 Å². The van der Waals surface area contributed by atoms with Gasteiger partial charge in [0.1, 0.15) is 6.29 Å². The molecule has 0 amide bonds. The van der Waals surface area contributed by atoms with E-state index >= 15 is 0 Å². The first-order valence-electron chi connectivity index (χ1n) is 9.68. The second-order valence-corrected chi connectivity index (χ2v) is 9.16. The molecule has 0 radical (unpaired) electrons. The fourth-order valence-electron chi connectivity index (χ4n) is 7.49. The SMILES string of the molecule is CC1C=CC(C)C(C2CCC3C4CC(C(C)C4C=O)C32)C1C. The third-order valence-electron chi connectivity index (χ3n) is 8.60. The topological polar surface area (TPSA) is 17.1 Å². The Morgan fingerprint density at radius 1 is 0.773 bits per heavy atom. The smallest absolute Gasteiger partial charge is 0.123 e. The van der Waals surface area contributed by atoms with Gasteiger partial charge in [-0.25, -0.2) is 0 Å². The Morgan fingerprint density at radius 3 is 2.18 bits per heavy atom. The highest BCUT2D eigenvalue weighted by atomic mass is 16.1. The summed E-state index contributed by atoms with van der Waals surface area (Å²) in [5.41, 5.74) is 0. The summed E-state index contributed by atoms with van der Waals surface area (Å²) in [4.78, 5) is 11.5. The number of rotatable bonds is 2. The number of hydrogen-bond donors (Lipinski definition) is 0. The van der Waals surface area contributed by atoms with Crippen LogP contribution in [-0.4, -0.2) is 6.29 Å². The van der Waals surface area contributed by atoms with Crippen LogP contribution in [0.3, 0.4) is 0 Å². The first kappa shape index (κ1) is 15.0. The van der Waals surface area contributed by atoms with Crippen LogP contribution < -0.4 is 0 Å². The highest BCUT2D eigenvalue weighted by molar-refractivity contribution is 5.56. The highest BCUT2D eigenvalue weighted by Crippen LogP contribution is 2.66. The Labute approximate surface area is 135 Å². The van der Waals surface area contributed by atoms with Crippen molar-refractivity contribution < 1.29 is 4.79 Å². The Morgan fingerprint density at radius 2 is 1.45 bits per heavy atom. The normalized spacial score (nSPS) is 59.7. The molecule has 4 aliphatic rings. The molecule has 22 heavy (non-hydrogen) atoms. The average Bonchev–Trinajstić information content (AvgIpc) is 3.14. The second kappa shape index (κ2) is 5.21. The van der Waals surface area contributed by atoms with Crippen LogP contribution in [0.4, 0.5) is 0 Å². The third-order valence-corrected chi connectivity index (χ3v) is 8.60. The summed E-state index contributed by atoms with van der Waals surface area (Å²) >= 11 is 0. The van der Waals surface area contributed by atoms with E-state index in [1.54, 1.807) is 0 Å². The lowest BCUT2D eigenvalue weighted by Crippen LogP contribution is -2.40. The summed E-state index contributed by atoms with van der Waals surface area (Å²) in [6.07, 6.45) is 10.4. The van der Waals surface area contributed by atoms with Crippen LogP contribution in [-0.2, 0) is 4.79 Å². The minimum atomic E-state index is 0.380. The molecular weight excluding hydrogens is 268 g/mol. The summed E-state index contributed by atoms with van der Waals surface area (Å²) in [5, 5.41) is 0. The second-order valence-electron chi connectivity index (χ2n) is 9.16. The van der Waals surface area contributed by atoms with Crippen LogP contribution in [0.25, 0.3) is 0 Å². The maximum Gasteiger partial charge on any atom is 0.123 e. The fraction of sp³-hybridized carbons (Fsp3) is 0.857. The van der Waals surface area contributed by atoms with Crippen molar-refractivity contribution >= 4 is 6.29 Å². The number of allylic oxidation sites excluding steroid dienone is 2. The Hall–Kier alpha value is -0.590. The van der Waals surface area contributed by atoms with Gasteiger partial charge in [-0.1, -0.05) is 39.8 Å². The standard InChI is InChI=1S/C21H32O/c1-11-5-6-12(2)20(13(11)3)16-8-7-15-18-9-17(21(15)16)14(4)19(18)10-22/h5-6,10-21H,7-9H2,1-4H3. The van der Waals surface area contributed by atoms with Crippen molar-refractivity contribution in [3.63, 3.8) is 0 Å². The van der Waals surface area contributed by atoms with Gasteiger partial charge in [-0.2, -0.15) is 0 Å². The van der Waals surface area contributed by atoms with E-state index in [9.17, 15) is 4.79 Å². The Kier molecular flexibility index (Phi) is 3.55. The van der Waals surface area contributed by atoms with Gasteiger partial charge in [0.05, 0.1) is 0 Å². The molecule has 4 rings (SSSR count). The average molecular weight is 300 g/mol. The predicted octanol–water partition coefficient (Wildman–Crippen LogP) is 4.82. The van der Waals surface area contributed by atoms with E-state index < -0.39 is 0 Å². The highest BCUT2D eigenvalue weighted by Gasteiger charge is 2.61. The minimum Gasteiger partial charge on any atom is -0.303 e. The van der Waals surface area contributed by atoms with Crippen molar-refractivity contribution in [1.29, 1.82) is 0 Å². The number of carbonyl (C=O) groups is 1. The molecular formula is C21H32O. The molecule has 11 unspecified atom stereocenters. The number of fused-ring (bicyclic) bond motifs is 5. The summed E-state index contributed by atoms with van der Waals surface area (Å²) < 4.78 is 0. The quantitative estimate of drug-likeness (QED) is 0.527. The molecule has 0 aliphatic heterocycles. The number of aldehydes is 1. The number of carbonyl (C=O) groups excluding carboxylic acids is 1. The van der Waals surface area contributed by atoms with Crippen molar-refractivity contribution in [1.82, 2.24) is 0 Å². The van der Waals surface area contributed by atoms with Gasteiger partial charge in [0, 0.05) is 5.92 Å². The fourth-order valence-corrected chi connectivity index (χ4v) is 7.49. The molecule has 11 atom stereocenters. The molecule has 2 bridgehead atoms. The maximum absolute atomic E-state index is 11.5. The lowest BCUT2D eigenvalue weighted by Gasteiger charge is -2.44. The summed E-state index contributed by atoms with van der Waals surface area (Å²) in [6, 6.07) is 0. The van der Waals surface area contributed by atoms with Crippen LogP contribution in [0.1, 0.15) is 47.0 Å². The van der Waals surface area contributed by atoms with Gasteiger partial charge < -0.3 is 4.79 Å². The largest absolute Gasteiger partial charge is 0.303 e. The van der Waals surface area contributed by atoms with E-state index in [-0.39, 0.29) is 0 Å². The Bertz CT molecular complexity index is 480. The molecule has 0 N–H and O–H groups in total. The van der Waals surface area contributed by atoms with E-state index in [1.165, 1.54) is 25.5 Å². The van der Waals surface area contributed by atoms with Crippen molar-refractivity contribution in [2.24, 2.45) is 65.1 Å². The maximum atomic E-state index is 11.5. The molecule has 1 nitrogen and oxygen atoms in total. The summed E-state index contributed by atoms with van der Waals surface area (Å²) in [7, 11) is 0. The van der Waals surface area contributed by atoms with Crippen LogP contribution in [0.5, 0.6) is 0 Å². The van der Waals surface area contributed by atoms with Gasteiger partial charge in [0.25, 0.3) is 0 Å². The molecule has 3 saturated carbocycles. The minimum absolute atomic E-state index is 0.380. The van der Waals surface area contributed by atoms with Gasteiger partial charge in [-0.05, 0) is 78.4 Å². The molecule has 4 aliphatic carbocycles. The van der Waals surface area contributed by atoms with Crippen molar-refractivity contribution in [3.05, 3.63) is 12.2 Å². The molecule has 122 valence electrons. The van der Waals surface area contributed by atoms with Crippen LogP contribution in [0, 0.1) is 65.1 Å². The molecule has 1 heteroatoms. The van der Waals surface area contributed by atoms with Crippen LogP contribution >= 0.6 is 0 Å². The van der Waals surface area contributed by atoms with Crippen molar-refractivity contribution in [2.75, 3.05) is 0 Å². The van der Waals surface area contributed by atoms with Gasteiger partial charge in [0.15, 0.2) is 0 Å². The molecule has 0 heterocycles. The van der Waals surface area contributed by atoms with Crippen molar-refractivity contribution in [2.45, 2.75) is 47.0 Å². The van der Waals surface area contributed by atoms with Gasteiger partial charge in [-0.3, -0.25) is 0 Å². The molecule has 0 aromatic rings. The molecule has 3 fully saturated rings. The molecule has 0 aromatic carbocycles. The van der Waals surface area contributed by atoms with Gasteiger partial charge in [-0.15, -0.1) is 0 Å². The molecule has 0 aromatic heterocycles. The van der Waals surface area contributed by atoms with E-state index in [0.29, 0.717) is 11.8 Å². The van der Waals surface area contributed by atoms with E-state index in [4.69, 9.17) is 0 Å². The first-order valence-corrected chi connectivity index (χ1v) is 9.68. The predicted molar refractivity (Wildman–Crippen MR) is 90.1 cm³/mol. The third kappa shape index (κ3) is 1.86. The van der Waals surface area contributed by atoms with Crippen molar-refractivity contribution in [3.8, 4) is 0 Å². The number of hydrogen-bond acceptors (Lipinski definition) is 1. The molecule has 0 saturated heterocycles. The lowest BCUT2D eigenvalue weighted by molar-refractivity contribution is -0.115. The zero-order chi connectivity index (χ0) is 15.6. The van der Waals surface area contributed by atoms with Gasteiger partial charge >= 0.3 is 0 Å². The van der Waals surface area contributed by atoms with E-state index in [1.807, 2.05) is 0 Å². The van der Waals surface area contributed by atoms with E-state index in [2.05, 4.69) is 39.8 Å². The summed E-state index contributed by atoms with van der Waals surface area (Å²) in [5.74, 6) is 8.50.